The zero-order valence-corrected chi connectivity index (χ0v) is 14.4. The van der Waals surface area contributed by atoms with Crippen molar-refractivity contribution in [3.63, 3.8) is 0 Å². The second-order valence-corrected chi connectivity index (χ2v) is 6.61. The molecule has 0 amide bonds. The molecule has 1 atom stereocenters. The van der Waals surface area contributed by atoms with Crippen LogP contribution in [0, 0.1) is 0 Å². The first-order chi connectivity index (χ1) is 12.2. The summed E-state index contributed by atoms with van der Waals surface area (Å²) in [6, 6.07) is 13.7. The highest BCUT2D eigenvalue weighted by Gasteiger charge is 2.22. The van der Waals surface area contributed by atoms with Gasteiger partial charge in [0.2, 0.25) is 0 Å². The molecule has 5 nitrogen and oxygen atoms in total. The number of nitrogens with two attached hydrogens (primary N) is 1. The van der Waals surface area contributed by atoms with E-state index in [4.69, 9.17) is 27.3 Å². The molecule has 6 heteroatoms. The van der Waals surface area contributed by atoms with Crippen LogP contribution in [0.4, 0.5) is 5.82 Å². The van der Waals surface area contributed by atoms with Crippen molar-refractivity contribution in [3.05, 3.63) is 59.9 Å². The van der Waals surface area contributed by atoms with Crippen molar-refractivity contribution < 1.29 is 0 Å². The molecule has 0 saturated carbocycles. The summed E-state index contributed by atoms with van der Waals surface area (Å²) in [4.78, 5) is 15.9. The summed E-state index contributed by atoms with van der Waals surface area (Å²) in [5.74, 6) is 1.56. The van der Waals surface area contributed by atoms with Gasteiger partial charge in [-0.15, -0.1) is 0 Å². The second-order valence-electron chi connectivity index (χ2n) is 6.18. The van der Waals surface area contributed by atoms with Crippen LogP contribution in [0.2, 0.25) is 5.02 Å². The molecule has 1 unspecified atom stereocenters. The molecule has 1 aliphatic heterocycles. The van der Waals surface area contributed by atoms with Crippen LogP contribution in [0.5, 0.6) is 0 Å². The topological polar surface area (TPSA) is 67.9 Å². The monoisotopic (exact) mass is 351 g/mol. The lowest BCUT2D eigenvalue weighted by atomic mass is 10.1. The average molecular weight is 352 g/mol. The van der Waals surface area contributed by atoms with Crippen LogP contribution in [0.3, 0.4) is 0 Å². The minimum absolute atomic E-state index is 0.191. The summed E-state index contributed by atoms with van der Waals surface area (Å²) in [5.41, 5.74) is 8.82. The van der Waals surface area contributed by atoms with E-state index in [-0.39, 0.29) is 6.04 Å². The molecule has 1 fully saturated rings. The van der Waals surface area contributed by atoms with Gasteiger partial charge >= 0.3 is 0 Å². The van der Waals surface area contributed by atoms with E-state index in [9.17, 15) is 0 Å². The fourth-order valence-electron chi connectivity index (χ4n) is 2.98. The van der Waals surface area contributed by atoms with Gasteiger partial charge in [0.25, 0.3) is 0 Å². The molecular weight excluding hydrogens is 334 g/mol. The van der Waals surface area contributed by atoms with Gasteiger partial charge in [0.15, 0.2) is 5.82 Å². The van der Waals surface area contributed by atoms with Crippen LogP contribution in [-0.2, 0) is 0 Å². The molecule has 2 N–H and O–H groups in total. The summed E-state index contributed by atoms with van der Waals surface area (Å²) in [6.45, 7) is 1.72. The van der Waals surface area contributed by atoms with E-state index < -0.39 is 0 Å². The van der Waals surface area contributed by atoms with Crippen molar-refractivity contribution in [1.82, 2.24) is 15.0 Å². The molecule has 0 spiro atoms. The van der Waals surface area contributed by atoms with Crippen molar-refractivity contribution >= 4 is 17.4 Å². The summed E-state index contributed by atoms with van der Waals surface area (Å²) < 4.78 is 0. The molecule has 1 saturated heterocycles. The molecule has 1 aliphatic rings. The molecule has 25 heavy (non-hydrogen) atoms. The van der Waals surface area contributed by atoms with E-state index in [1.165, 1.54) is 0 Å². The molecule has 2 aromatic heterocycles. The predicted octanol–water partition coefficient (Wildman–Crippen LogP) is 3.40. The summed E-state index contributed by atoms with van der Waals surface area (Å²) >= 11 is 6.01. The van der Waals surface area contributed by atoms with E-state index in [2.05, 4.69) is 9.88 Å². The standard InChI is InChI=1S/C19H18ClN5/c20-15-5-3-13(4-6-15)17-10-18(25-9-7-16(21)12-25)24-19(23-17)14-2-1-8-22-11-14/h1-6,8,10-11,16H,7,9,12,21H2. The number of anilines is 1. The number of hydrogen-bond acceptors (Lipinski definition) is 5. The Morgan fingerprint density at radius 1 is 1.08 bits per heavy atom. The maximum atomic E-state index is 6.07. The number of benzene rings is 1. The Balaban J connectivity index is 1.81. The molecule has 0 aliphatic carbocycles. The normalized spacial score (nSPS) is 17.0. The van der Waals surface area contributed by atoms with Crippen molar-refractivity contribution in [3.8, 4) is 22.6 Å². The number of hydrogen-bond donors (Lipinski definition) is 1. The summed E-state index contributed by atoms with van der Waals surface area (Å²) in [5, 5.41) is 0.705. The van der Waals surface area contributed by atoms with Crippen LogP contribution in [0.1, 0.15) is 6.42 Å². The van der Waals surface area contributed by atoms with Crippen molar-refractivity contribution in [2.45, 2.75) is 12.5 Å². The fraction of sp³-hybridized carbons (Fsp3) is 0.211. The van der Waals surface area contributed by atoms with Gasteiger partial charge in [0.1, 0.15) is 5.82 Å². The number of aromatic nitrogens is 3. The van der Waals surface area contributed by atoms with Gasteiger partial charge in [-0.05, 0) is 30.7 Å². The Hall–Kier alpha value is -2.50. The van der Waals surface area contributed by atoms with Crippen LogP contribution in [-0.4, -0.2) is 34.1 Å². The van der Waals surface area contributed by atoms with Gasteiger partial charge in [-0.1, -0.05) is 23.7 Å². The Kier molecular flexibility index (Phi) is 4.34. The third kappa shape index (κ3) is 3.48. The lowest BCUT2D eigenvalue weighted by Gasteiger charge is -2.18. The third-order valence-corrected chi connectivity index (χ3v) is 4.57. The highest BCUT2D eigenvalue weighted by Crippen LogP contribution is 2.28. The third-order valence-electron chi connectivity index (χ3n) is 4.32. The van der Waals surface area contributed by atoms with Gasteiger partial charge in [-0.3, -0.25) is 4.98 Å². The largest absolute Gasteiger partial charge is 0.355 e. The molecule has 1 aromatic carbocycles. The van der Waals surface area contributed by atoms with Gasteiger partial charge in [0, 0.05) is 53.7 Å². The minimum atomic E-state index is 0.191. The average Bonchev–Trinajstić information content (AvgIpc) is 3.09. The van der Waals surface area contributed by atoms with Crippen molar-refractivity contribution in [2.24, 2.45) is 5.73 Å². The van der Waals surface area contributed by atoms with Crippen LogP contribution >= 0.6 is 11.6 Å². The molecule has 3 aromatic rings. The van der Waals surface area contributed by atoms with Crippen molar-refractivity contribution in [2.75, 3.05) is 18.0 Å². The highest BCUT2D eigenvalue weighted by molar-refractivity contribution is 6.30. The smallest absolute Gasteiger partial charge is 0.163 e. The fourth-order valence-corrected chi connectivity index (χ4v) is 3.11. The number of pyridine rings is 1. The summed E-state index contributed by atoms with van der Waals surface area (Å²) in [6.07, 6.45) is 4.50. The quantitative estimate of drug-likeness (QED) is 0.783. The molecular formula is C19H18ClN5. The number of halogens is 1. The maximum Gasteiger partial charge on any atom is 0.163 e. The van der Waals surface area contributed by atoms with Crippen LogP contribution in [0.15, 0.2) is 54.9 Å². The van der Waals surface area contributed by atoms with E-state index in [0.29, 0.717) is 10.8 Å². The minimum Gasteiger partial charge on any atom is -0.355 e. The Bertz CT molecular complexity index is 867. The Morgan fingerprint density at radius 3 is 2.60 bits per heavy atom. The summed E-state index contributed by atoms with van der Waals surface area (Å²) in [7, 11) is 0. The first kappa shape index (κ1) is 16.0. The van der Waals surface area contributed by atoms with Gasteiger partial charge in [-0.2, -0.15) is 0 Å². The first-order valence-electron chi connectivity index (χ1n) is 8.25. The highest BCUT2D eigenvalue weighted by atomic mass is 35.5. The Morgan fingerprint density at radius 2 is 1.92 bits per heavy atom. The lowest BCUT2D eigenvalue weighted by molar-refractivity contribution is 0.751. The lowest BCUT2D eigenvalue weighted by Crippen LogP contribution is -2.27. The van der Waals surface area contributed by atoms with E-state index in [0.717, 1.165) is 42.1 Å². The number of nitrogens with zero attached hydrogens (tertiary/aromatic N) is 4. The molecule has 3 heterocycles. The van der Waals surface area contributed by atoms with E-state index >= 15 is 0 Å². The van der Waals surface area contributed by atoms with Gasteiger partial charge in [0.05, 0.1) is 5.69 Å². The van der Waals surface area contributed by atoms with Crippen molar-refractivity contribution in [1.29, 1.82) is 0 Å². The Labute approximate surface area is 151 Å². The molecule has 126 valence electrons. The molecule has 0 radical (unpaired) electrons. The SMILES string of the molecule is NC1CCN(c2cc(-c3ccc(Cl)cc3)nc(-c3cccnc3)n2)C1. The second kappa shape index (κ2) is 6.78. The van der Waals surface area contributed by atoms with E-state index in [1.54, 1.807) is 12.4 Å². The van der Waals surface area contributed by atoms with Crippen LogP contribution in [0.25, 0.3) is 22.6 Å². The van der Waals surface area contributed by atoms with Crippen LogP contribution < -0.4 is 10.6 Å². The zero-order chi connectivity index (χ0) is 17.2. The zero-order valence-electron chi connectivity index (χ0n) is 13.6. The molecule has 4 rings (SSSR count). The predicted molar refractivity (Wildman–Crippen MR) is 101 cm³/mol. The maximum absolute atomic E-state index is 6.07. The molecule has 0 bridgehead atoms. The van der Waals surface area contributed by atoms with Gasteiger partial charge < -0.3 is 10.6 Å². The van der Waals surface area contributed by atoms with Gasteiger partial charge in [-0.25, -0.2) is 9.97 Å². The van der Waals surface area contributed by atoms with E-state index in [1.807, 2.05) is 42.5 Å². The number of rotatable bonds is 3. The first-order valence-corrected chi connectivity index (χ1v) is 8.63.